The van der Waals surface area contributed by atoms with Crippen LogP contribution in [0.3, 0.4) is 0 Å². The van der Waals surface area contributed by atoms with Gasteiger partial charge in [-0.3, -0.25) is 9.69 Å². The van der Waals surface area contributed by atoms with Crippen molar-refractivity contribution in [2.75, 3.05) is 4.90 Å². The number of amides is 1. The Balaban J connectivity index is 1.61. The van der Waals surface area contributed by atoms with Gasteiger partial charge in [-0.1, -0.05) is 86.2 Å². The van der Waals surface area contributed by atoms with Crippen molar-refractivity contribution in [3.8, 4) is 5.75 Å². The first kappa shape index (κ1) is 21.3. The minimum Gasteiger partial charge on any atom is -0.488 e. The lowest BCUT2D eigenvalue weighted by molar-refractivity contribution is -0.113. The van der Waals surface area contributed by atoms with Gasteiger partial charge in [0, 0.05) is 14.5 Å². The van der Waals surface area contributed by atoms with E-state index in [1.165, 1.54) is 11.8 Å². The first-order valence-electron chi connectivity index (χ1n) is 9.01. The van der Waals surface area contributed by atoms with E-state index >= 15 is 0 Å². The Kier molecular flexibility index (Phi) is 6.73. The molecule has 1 amide bonds. The number of rotatable bonds is 5. The molecule has 4 rings (SSSR count). The predicted molar refractivity (Wildman–Crippen MR) is 135 cm³/mol. The molecule has 7 heteroatoms. The summed E-state index contributed by atoms with van der Waals surface area (Å²) < 4.78 is 8.40. The molecule has 0 aliphatic carbocycles. The first-order chi connectivity index (χ1) is 14.5. The number of nitrogens with zero attached hydrogens (tertiary/aromatic N) is 1. The van der Waals surface area contributed by atoms with Gasteiger partial charge < -0.3 is 4.74 Å². The average molecular weight is 561 g/mol. The number of carbonyl (C=O) groups is 1. The highest BCUT2D eigenvalue weighted by atomic mass is 79.9. The summed E-state index contributed by atoms with van der Waals surface area (Å²) in [6, 6.07) is 23.2. The van der Waals surface area contributed by atoms with Crippen LogP contribution in [0, 0.1) is 0 Å². The number of ether oxygens (including phenoxy) is 1. The molecular formula is C23H15Br2NO2S2. The molecule has 1 aliphatic rings. The Morgan fingerprint density at radius 3 is 2.40 bits per heavy atom. The summed E-state index contributed by atoms with van der Waals surface area (Å²) in [5.41, 5.74) is 2.64. The van der Waals surface area contributed by atoms with E-state index in [4.69, 9.17) is 17.0 Å². The highest BCUT2D eigenvalue weighted by Crippen LogP contribution is 2.38. The number of halogens is 2. The molecule has 3 nitrogen and oxygen atoms in total. The van der Waals surface area contributed by atoms with E-state index in [-0.39, 0.29) is 5.91 Å². The van der Waals surface area contributed by atoms with Crippen LogP contribution in [0.5, 0.6) is 5.75 Å². The predicted octanol–water partition coefficient (Wildman–Crippen LogP) is 7.20. The van der Waals surface area contributed by atoms with E-state index < -0.39 is 0 Å². The molecule has 1 fully saturated rings. The van der Waals surface area contributed by atoms with Crippen LogP contribution in [0.25, 0.3) is 6.08 Å². The van der Waals surface area contributed by atoms with E-state index in [9.17, 15) is 4.79 Å². The van der Waals surface area contributed by atoms with Crippen molar-refractivity contribution >= 4 is 77.8 Å². The number of thiocarbonyl (C=S) groups is 1. The van der Waals surface area contributed by atoms with E-state index in [0.717, 1.165) is 25.8 Å². The van der Waals surface area contributed by atoms with E-state index in [0.29, 0.717) is 21.6 Å². The van der Waals surface area contributed by atoms with Crippen molar-refractivity contribution in [1.29, 1.82) is 0 Å². The van der Waals surface area contributed by atoms with Crippen LogP contribution in [0.15, 0.2) is 86.6 Å². The average Bonchev–Trinajstić information content (AvgIpc) is 3.02. The Labute approximate surface area is 201 Å². The molecule has 0 unspecified atom stereocenters. The molecule has 150 valence electrons. The Morgan fingerprint density at radius 1 is 0.967 bits per heavy atom. The van der Waals surface area contributed by atoms with Gasteiger partial charge in [-0.15, -0.1) is 0 Å². The van der Waals surface area contributed by atoms with Crippen LogP contribution < -0.4 is 9.64 Å². The molecule has 0 aromatic heterocycles. The fourth-order valence-electron chi connectivity index (χ4n) is 2.92. The Morgan fingerprint density at radius 2 is 1.67 bits per heavy atom. The second kappa shape index (κ2) is 9.47. The van der Waals surface area contributed by atoms with Gasteiger partial charge in [0.2, 0.25) is 0 Å². The van der Waals surface area contributed by atoms with Crippen LogP contribution in [0.1, 0.15) is 11.1 Å². The summed E-state index contributed by atoms with van der Waals surface area (Å²) >= 11 is 13.7. The number of hydrogen-bond acceptors (Lipinski definition) is 4. The largest absolute Gasteiger partial charge is 0.488 e. The molecular weight excluding hydrogens is 546 g/mol. The minimum absolute atomic E-state index is 0.138. The van der Waals surface area contributed by atoms with Gasteiger partial charge in [0.1, 0.15) is 12.4 Å². The van der Waals surface area contributed by atoms with E-state index in [1.807, 2.05) is 78.9 Å². The number of carbonyl (C=O) groups excluding carboxylic acids is 1. The van der Waals surface area contributed by atoms with Gasteiger partial charge in [0.25, 0.3) is 5.91 Å². The molecule has 0 radical (unpaired) electrons. The van der Waals surface area contributed by atoms with Crippen LogP contribution in [0.2, 0.25) is 0 Å². The lowest BCUT2D eigenvalue weighted by Crippen LogP contribution is -2.27. The molecule has 1 heterocycles. The summed E-state index contributed by atoms with van der Waals surface area (Å²) in [7, 11) is 0. The van der Waals surface area contributed by atoms with Gasteiger partial charge in [0.15, 0.2) is 4.32 Å². The molecule has 0 N–H and O–H groups in total. The van der Waals surface area contributed by atoms with E-state index in [1.54, 1.807) is 4.90 Å². The number of hydrogen-bond donors (Lipinski definition) is 0. The summed E-state index contributed by atoms with van der Waals surface area (Å²) in [6.45, 7) is 0.448. The van der Waals surface area contributed by atoms with Crippen LogP contribution in [-0.4, -0.2) is 10.2 Å². The van der Waals surface area contributed by atoms with Gasteiger partial charge in [0.05, 0.1) is 10.6 Å². The van der Waals surface area contributed by atoms with Crippen molar-refractivity contribution in [2.24, 2.45) is 0 Å². The lowest BCUT2D eigenvalue weighted by atomic mass is 10.1. The monoisotopic (exact) mass is 559 g/mol. The number of thioether (sulfide) groups is 1. The SMILES string of the molecule is O=C1/C(=C/c2cc(Br)ccc2OCc2ccccc2)SC(=S)N1c1ccc(Br)cc1. The molecule has 3 aromatic rings. The van der Waals surface area contributed by atoms with Crippen molar-refractivity contribution < 1.29 is 9.53 Å². The fourth-order valence-corrected chi connectivity index (χ4v) is 4.85. The van der Waals surface area contributed by atoms with Crippen molar-refractivity contribution in [1.82, 2.24) is 0 Å². The normalized spacial score (nSPS) is 15.1. The summed E-state index contributed by atoms with van der Waals surface area (Å²) in [5.74, 6) is 0.567. The second-order valence-corrected chi connectivity index (χ2v) is 9.96. The highest BCUT2D eigenvalue weighted by Gasteiger charge is 2.33. The quantitative estimate of drug-likeness (QED) is 0.244. The van der Waals surface area contributed by atoms with Crippen LogP contribution >= 0.6 is 55.8 Å². The summed E-state index contributed by atoms with van der Waals surface area (Å²) in [4.78, 5) is 15.2. The van der Waals surface area contributed by atoms with Crippen molar-refractivity contribution in [3.05, 3.63) is 97.8 Å². The molecule has 0 saturated carbocycles. The molecule has 30 heavy (non-hydrogen) atoms. The van der Waals surface area contributed by atoms with Crippen molar-refractivity contribution in [2.45, 2.75) is 6.61 Å². The molecule has 1 saturated heterocycles. The van der Waals surface area contributed by atoms with Crippen LogP contribution in [0.4, 0.5) is 5.69 Å². The third kappa shape index (κ3) is 4.86. The summed E-state index contributed by atoms with van der Waals surface area (Å²) in [5, 5.41) is 0. The number of anilines is 1. The maximum atomic E-state index is 13.1. The summed E-state index contributed by atoms with van der Waals surface area (Å²) in [6.07, 6.45) is 1.84. The van der Waals surface area contributed by atoms with Gasteiger partial charge in [-0.05, 0) is 54.1 Å². The molecule has 0 spiro atoms. The molecule has 0 bridgehead atoms. The topological polar surface area (TPSA) is 29.5 Å². The minimum atomic E-state index is -0.138. The first-order valence-corrected chi connectivity index (χ1v) is 11.8. The molecule has 1 aliphatic heterocycles. The third-order valence-electron chi connectivity index (χ3n) is 4.37. The second-order valence-electron chi connectivity index (χ2n) is 6.45. The maximum Gasteiger partial charge on any atom is 0.270 e. The zero-order valence-electron chi connectivity index (χ0n) is 15.5. The van der Waals surface area contributed by atoms with E-state index in [2.05, 4.69) is 31.9 Å². The van der Waals surface area contributed by atoms with Crippen molar-refractivity contribution in [3.63, 3.8) is 0 Å². The highest BCUT2D eigenvalue weighted by molar-refractivity contribution is 9.10. The third-order valence-corrected chi connectivity index (χ3v) is 6.70. The van der Waals surface area contributed by atoms with Gasteiger partial charge >= 0.3 is 0 Å². The Bertz CT molecular complexity index is 1130. The number of benzene rings is 3. The van der Waals surface area contributed by atoms with Gasteiger partial charge in [-0.25, -0.2) is 0 Å². The zero-order valence-corrected chi connectivity index (χ0v) is 20.4. The molecule has 0 atom stereocenters. The van der Waals surface area contributed by atoms with Crippen LogP contribution in [-0.2, 0) is 11.4 Å². The van der Waals surface area contributed by atoms with Gasteiger partial charge in [-0.2, -0.15) is 0 Å². The smallest absolute Gasteiger partial charge is 0.270 e. The molecule has 3 aromatic carbocycles. The maximum absolute atomic E-state index is 13.1. The standard InChI is InChI=1S/C23H15Br2NO2S2/c24-17-6-9-19(10-7-17)26-22(27)21(30-23(26)29)13-16-12-18(25)8-11-20(16)28-14-15-4-2-1-3-5-15/h1-13H,14H2/b21-13-. The lowest BCUT2D eigenvalue weighted by Gasteiger charge is -2.14. The Hall–Kier alpha value is -1.93. The fraction of sp³-hybridized carbons (Fsp3) is 0.0435. The zero-order chi connectivity index (χ0) is 21.1.